The van der Waals surface area contributed by atoms with Gasteiger partial charge in [0.2, 0.25) is 5.91 Å². The maximum atomic E-state index is 12.5. The summed E-state index contributed by atoms with van der Waals surface area (Å²) in [5, 5.41) is 0. The van der Waals surface area contributed by atoms with Crippen molar-refractivity contribution >= 4 is 38.9 Å². The van der Waals surface area contributed by atoms with Crippen molar-refractivity contribution in [3.05, 3.63) is 16.5 Å². The fraction of sp³-hybridized carbons (Fsp3) is 0.667. The molecule has 0 saturated carbocycles. The summed E-state index contributed by atoms with van der Waals surface area (Å²) in [4.78, 5) is 16.2. The zero-order chi connectivity index (χ0) is 17.7. The lowest BCUT2D eigenvalue weighted by molar-refractivity contribution is -0.132. The van der Waals surface area contributed by atoms with Gasteiger partial charge in [-0.25, -0.2) is 8.42 Å². The second-order valence-electron chi connectivity index (χ2n) is 5.62. The van der Waals surface area contributed by atoms with Gasteiger partial charge < -0.3 is 9.80 Å². The molecule has 9 heteroatoms. The van der Waals surface area contributed by atoms with E-state index < -0.39 is 10.0 Å². The van der Waals surface area contributed by atoms with Gasteiger partial charge in [-0.1, -0.05) is 25.4 Å². The summed E-state index contributed by atoms with van der Waals surface area (Å²) >= 11 is 6.89. The van der Waals surface area contributed by atoms with Crippen molar-refractivity contribution < 1.29 is 13.2 Å². The van der Waals surface area contributed by atoms with Gasteiger partial charge >= 0.3 is 0 Å². The molecular weight excluding hydrogens is 370 g/mol. The van der Waals surface area contributed by atoms with Crippen LogP contribution in [0.2, 0.25) is 4.34 Å². The quantitative estimate of drug-likeness (QED) is 0.710. The van der Waals surface area contributed by atoms with E-state index in [1.165, 1.54) is 10.4 Å². The minimum atomic E-state index is -3.50. The van der Waals surface area contributed by atoms with Crippen molar-refractivity contribution in [3.63, 3.8) is 0 Å². The van der Waals surface area contributed by atoms with Gasteiger partial charge in [0.05, 0.1) is 4.34 Å². The van der Waals surface area contributed by atoms with Crippen molar-refractivity contribution in [2.45, 2.75) is 24.5 Å². The van der Waals surface area contributed by atoms with Gasteiger partial charge in [0, 0.05) is 39.1 Å². The average molecular weight is 394 g/mol. The molecule has 24 heavy (non-hydrogen) atoms. The highest BCUT2D eigenvalue weighted by Crippen LogP contribution is 2.28. The third kappa shape index (κ3) is 4.70. The number of sulfonamides is 1. The van der Waals surface area contributed by atoms with Crippen molar-refractivity contribution in [3.8, 4) is 0 Å². The van der Waals surface area contributed by atoms with Gasteiger partial charge in [0.15, 0.2) is 0 Å². The Bertz CT molecular complexity index is 651. The van der Waals surface area contributed by atoms with E-state index >= 15 is 0 Å². The van der Waals surface area contributed by atoms with E-state index in [2.05, 4.69) is 18.7 Å². The summed E-state index contributed by atoms with van der Waals surface area (Å²) < 4.78 is 27.2. The van der Waals surface area contributed by atoms with Gasteiger partial charge in [-0.05, 0) is 25.2 Å². The first-order valence-electron chi connectivity index (χ1n) is 8.14. The average Bonchev–Trinajstić information content (AvgIpc) is 3.03. The second kappa shape index (κ2) is 8.62. The Balaban J connectivity index is 1.88. The summed E-state index contributed by atoms with van der Waals surface area (Å²) in [7, 11) is -3.50. The first-order valence-corrected chi connectivity index (χ1v) is 10.8. The normalized spacial score (nSPS) is 16.8. The molecule has 2 heterocycles. The first-order chi connectivity index (χ1) is 11.4. The molecule has 0 spiro atoms. The van der Waals surface area contributed by atoms with E-state index in [1.807, 2.05) is 0 Å². The van der Waals surface area contributed by atoms with E-state index in [1.54, 1.807) is 11.0 Å². The number of thiophene rings is 1. The first kappa shape index (κ1) is 19.7. The Hall–Kier alpha value is -0.670. The molecule has 1 aliphatic rings. The fourth-order valence-electron chi connectivity index (χ4n) is 2.69. The highest BCUT2D eigenvalue weighted by Gasteiger charge is 2.31. The monoisotopic (exact) mass is 393 g/mol. The fourth-order valence-corrected chi connectivity index (χ4v) is 5.75. The Kier molecular flexibility index (Phi) is 7.06. The molecule has 0 radical (unpaired) electrons. The number of nitrogens with zero attached hydrogens (tertiary/aromatic N) is 3. The van der Waals surface area contributed by atoms with Crippen LogP contribution in [-0.4, -0.2) is 74.2 Å². The van der Waals surface area contributed by atoms with E-state index in [0.717, 1.165) is 31.0 Å². The number of hydrogen-bond acceptors (Lipinski definition) is 5. The Morgan fingerprint density at radius 1 is 1.21 bits per heavy atom. The van der Waals surface area contributed by atoms with Crippen LogP contribution in [0.4, 0.5) is 0 Å². The van der Waals surface area contributed by atoms with Gasteiger partial charge in [0.1, 0.15) is 4.21 Å². The van der Waals surface area contributed by atoms with Crippen LogP contribution in [0.25, 0.3) is 0 Å². The number of hydrogen-bond donors (Lipinski definition) is 0. The van der Waals surface area contributed by atoms with E-state index in [-0.39, 0.29) is 10.1 Å². The van der Waals surface area contributed by atoms with Crippen molar-refractivity contribution in [2.75, 3.05) is 45.8 Å². The standard InChI is InChI=1S/C15H24ClN3O3S2/c1-3-17(4-2)8-7-14(20)18-9-11-19(12-10-18)24(21,22)15-6-5-13(16)23-15/h5-6H,3-4,7-12H2,1-2H3. The molecule has 0 N–H and O–H groups in total. The lowest BCUT2D eigenvalue weighted by atomic mass is 10.3. The van der Waals surface area contributed by atoms with Crippen LogP contribution >= 0.6 is 22.9 Å². The van der Waals surface area contributed by atoms with Crippen LogP contribution in [0.5, 0.6) is 0 Å². The number of amides is 1. The van der Waals surface area contributed by atoms with Crippen molar-refractivity contribution in [1.29, 1.82) is 0 Å². The van der Waals surface area contributed by atoms with Gasteiger partial charge in [-0.2, -0.15) is 4.31 Å². The molecule has 1 saturated heterocycles. The summed E-state index contributed by atoms with van der Waals surface area (Å²) in [6.45, 7) is 8.30. The van der Waals surface area contributed by atoms with E-state index in [4.69, 9.17) is 11.6 Å². The third-order valence-corrected chi connectivity index (χ3v) is 7.87. The summed E-state index contributed by atoms with van der Waals surface area (Å²) in [6, 6.07) is 3.12. The third-order valence-electron chi connectivity index (χ3n) is 4.27. The molecular formula is C15H24ClN3O3S2. The molecule has 1 aromatic rings. The Morgan fingerprint density at radius 3 is 2.33 bits per heavy atom. The molecule has 1 fully saturated rings. The van der Waals surface area contributed by atoms with Crippen LogP contribution in [0, 0.1) is 0 Å². The highest BCUT2D eigenvalue weighted by atomic mass is 35.5. The van der Waals surface area contributed by atoms with Crippen LogP contribution in [-0.2, 0) is 14.8 Å². The maximum absolute atomic E-state index is 12.5. The molecule has 136 valence electrons. The van der Waals surface area contributed by atoms with Crippen molar-refractivity contribution in [1.82, 2.24) is 14.1 Å². The Morgan fingerprint density at radius 2 is 1.83 bits per heavy atom. The summed E-state index contributed by atoms with van der Waals surface area (Å²) in [6.07, 6.45) is 0.481. The molecule has 6 nitrogen and oxygen atoms in total. The largest absolute Gasteiger partial charge is 0.340 e. The molecule has 0 aromatic carbocycles. The second-order valence-corrected chi connectivity index (χ2v) is 9.50. The van der Waals surface area contributed by atoms with Crippen LogP contribution < -0.4 is 0 Å². The predicted octanol–water partition coefficient (Wildman–Crippen LogP) is 1.97. The van der Waals surface area contributed by atoms with E-state index in [0.29, 0.717) is 36.9 Å². The van der Waals surface area contributed by atoms with Gasteiger partial charge in [-0.3, -0.25) is 4.79 Å². The van der Waals surface area contributed by atoms with Crippen LogP contribution in [0.1, 0.15) is 20.3 Å². The molecule has 1 aromatic heterocycles. The molecule has 1 amide bonds. The van der Waals surface area contributed by atoms with Crippen molar-refractivity contribution in [2.24, 2.45) is 0 Å². The number of piperazine rings is 1. The molecule has 2 rings (SSSR count). The number of carbonyl (C=O) groups is 1. The summed E-state index contributed by atoms with van der Waals surface area (Å²) in [5.41, 5.74) is 0. The molecule has 1 aliphatic heterocycles. The number of carbonyl (C=O) groups excluding carboxylic acids is 1. The molecule has 0 aliphatic carbocycles. The smallest absolute Gasteiger partial charge is 0.252 e. The van der Waals surface area contributed by atoms with E-state index in [9.17, 15) is 13.2 Å². The van der Waals surface area contributed by atoms with Gasteiger partial charge in [0.25, 0.3) is 10.0 Å². The zero-order valence-corrected chi connectivity index (χ0v) is 16.5. The minimum Gasteiger partial charge on any atom is -0.340 e. The maximum Gasteiger partial charge on any atom is 0.252 e. The van der Waals surface area contributed by atoms with Crippen LogP contribution in [0.15, 0.2) is 16.3 Å². The SMILES string of the molecule is CCN(CC)CCC(=O)N1CCN(S(=O)(=O)c2ccc(Cl)s2)CC1. The molecule has 0 atom stereocenters. The minimum absolute atomic E-state index is 0.0955. The highest BCUT2D eigenvalue weighted by molar-refractivity contribution is 7.91. The number of halogens is 1. The lowest BCUT2D eigenvalue weighted by Gasteiger charge is -2.34. The zero-order valence-electron chi connectivity index (χ0n) is 14.1. The molecule has 0 unspecified atom stereocenters. The van der Waals surface area contributed by atoms with Crippen LogP contribution in [0.3, 0.4) is 0 Å². The number of rotatable bonds is 7. The topological polar surface area (TPSA) is 60.9 Å². The van der Waals surface area contributed by atoms with Gasteiger partial charge in [-0.15, -0.1) is 11.3 Å². The molecule has 0 bridgehead atoms. The lowest BCUT2D eigenvalue weighted by Crippen LogP contribution is -2.50. The Labute approximate surface area is 153 Å². The predicted molar refractivity (Wildman–Crippen MR) is 97.1 cm³/mol. The summed E-state index contributed by atoms with van der Waals surface area (Å²) in [5.74, 6) is 0.0955.